The summed E-state index contributed by atoms with van der Waals surface area (Å²) in [6.07, 6.45) is -0.0566. The van der Waals surface area contributed by atoms with E-state index in [1.54, 1.807) is 19.1 Å². The lowest BCUT2D eigenvalue weighted by Gasteiger charge is -2.13. The van der Waals surface area contributed by atoms with Crippen LogP contribution >= 0.6 is 0 Å². The molecule has 4 heteroatoms. The highest BCUT2D eigenvalue weighted by Crippen LogP contribution is 2.10. The molecule has 0 aliphatic heterocycles. The molecule has 2 N–H and O–H groups in total. The van der Waals surface area contributed by atoms with E-state index >= 15 is 0 Å². The third-order valence-corrected chi connectivity index (χ3v) is 2.23. The van der Waals surface area contributed by atoms with Crippen LogP contribution in [0, 0.1) is 0 Å². The number of anilines is 1. The van der Waals surface area contributed by atoms with Gasteiger partial charge in [-0.15, -0.1) is 0 Å². The van der Waals surface area contributed by atoms with Crippen molar-refractivity contribution < 1.29 is 14.3 Å². The Labute approximate surface area is 95.3 Å². The average molecular weight is 223 g/mol. The number of benzene rings is 1. The molecule has 0 amide bonds. The molecule has 0 heterocycles. The number of nitrogens with two attached hydrogens (primary N) is 1. The summed E-state index contributed by atoms with van der Waals surface area (Å²) in [6, 6.07) is 7.35. The molecule has 1 unspecified atom stereocenters. The van der Waals surface area contributed by atoms with Gasteiger partial charge in [-0.3, -0.25) is 0 Å². The van der Waals surface area contributed by atoms with E-state index in [4.69, 9.17) is 15.2 Å². The zero-order valence-electron chi connectivity index (χ0n) is 9.60. The van der Waals surface area contributed by atoms with E-state index in [0.29, 0.717) is 18.7 Å². The molecule has 4 nitrogen and oxygen atoms in total. The normalized spacial score (nSPS) is 12.1. The summed E-state index contributed by atoms with van der Waals surface area (Å²) in [5.74, 6) is -0.332. The van der Waals surface area contributed by atoms with Crippen LogP contribution in [0.2, 0.25) is 0 Å². The van der Waals surface area contributed by atoms with Gasteiger partial charge in [0.15, 0.2) is 6.10 Å². The number of carbonyl (C=O) groups excluding carboxylic acids is 1. The first-order valence-corrected chi connectivity index (χ1v) is 5.21. The number of hydrogen-bond donors (Lipinski definition) is 1. The number of ether oxygens (including phenoxy) is 2. The quantitative estimate of drug-likeness (QED) is 0.605. The summed E-state index contributed by atoms with van der Waals surface area (Å²) in [7, 11) is 1.50. The van der Waals surface area contributed by atoms with Crippen molar-refractivity contribution >= 4 is 11.7 Å². The lowest BCUT2D eigenvalue weighted by atomic mass is 10.1. The lowest BCUT2D eigenvalue weighted by Crippen LogP contribution is -2.27. The summed E-state index contributed by atoms with van der Waals surface area (Å²) in [6.45, 7) is 2.13. The van der Waals surface area contributed by atoms with Gasteiger partial charge in [0, 0.05) is 19.2 Å². The predicted molar refractivity (Wildman–Crippen MR) is 62.0 cm³/mol. The van der Waals surface area contributed by atoms with Crippen LogP contribution in [-0.4, -0.2) is 25.8 Å². The standard InChI is InChI=1S/C12H17NO3/c1-3-16-12(14)11(15-2)8-9-4-6-10(13)7-5-9/h4-7,11H,3,8,13H2,1-2H3. The van der Waals surface area contributed by atoms with Gasteiger partial charge in [0.25, 0.3) is 0 Å². The van der Waals surface area contributed by atoms with E-state index in [-0.39, 0.29) is 5.97 Å². The molecule has 0 saturated heterocycles. The van der Waals surface area contributed by atoms with Crippen LogP contribution in [-0.2, 0) is 20.7 Å². The van der Waals surface area contributed by atoms with E-state index < -0.39 is 6.10 Å². The molecule has 1 aromatic rings. The van der Waals surface area contributed by atoms with Crippen molar-refractivity contribution in [1.82, 2.24) is 0 Å². The Balaban J connectivity index is 2.62. The topological polar surface area (TPSA) is 61.5 Å². The Kier molecular flexibility index (Phi) is 4.79. The molecule has 1 rings (SSSR count). The first-order chi connectivity index (χ1) is 7.67. The number of hydrogen-bond acceptors (Lipinski definition) is 4. The minimum atomic E-state index is -0.552. The Morgan fingerprint density at radius 3 is 2.50 bits per heavy atom. The monoisotopic (exact) mass is 223 g/mol. The number of rotatable bonds is 5. The minimum Gasteiger partial charge on any atom is -0.464 e. The first kappa shape index (κ1) is 12.5. The van der Waals surface area contributed by atoms with Crippen LogP contribution in [0.4, 0.5) is 5.69 Å². The second-order valence-electron chi connectivity index (χ2n) is 3.42. The third kappa shape index (κ3) is 3.55. The highest BCUT2D eigenvalue weighted by molar-refractivity contribution is 5.75. The maximum Gasteiger partial charge on any atom is 0.335 e. The summed E-state index contributed by atoms with van der Waals surface area (Å²) in [4.78, 5) is 11.5. The molecule has 0 aliphatic rings. The Bertz CT molecular complexity index is 335. The van der Waals surface area contributed by atoms with Crippen LogP contribution in [0.3, 0.4) is 0 Å². The SMILES string of the molecule is CCOC(=O)C(Cc1ccc(N)cc1)OC. The van der Waals surface area contributed by atoms with Crippen molar-refractivity contribution in [3.05, 3.63) is 29.8 Å². The molecule has 1 atom stereocenters. The summed E-state index contributed by atoms with van der Waals surface area (Å²) < 4.78 is 10.00. The van der Waals surface area contributed by atoms with Crippen LogP contribution < -0.4 is 5.73 Å². The Morgan fingerprint density at radius 1 is 1.38 bits per heavy atom. The fourth-order valence-electron chi connectivity index (χ4n) is 1.37. The summed E-state index contributed by atoms with van der Waals surface area (Å²) in [5.41, 5.74) is 7.27. The molecular weight excluding hydrogens is 206 g/mol. The second kappa shape index (κ2) is 6.12. The highest BCUT2D eigenvalue weighted by atomic mass is 16.6. The summed E-state index contributed by atoms with van der Waals surface area (Å²) in [5, 5.41) is 0. The van der Waals surface area contributed by atoms with Gasteiger partial charge in [0.2, 0.25) is 0 Å². The number of esters is 1. The van der Waals surface area contributed by atoms with E-state index in [1.165, 1.54) is 7.11 Å². The fourth-order valence-corrected chi connectivity index (χ4v) is 1.37. The molecule has 0 saturated carbocycles. The smallest absolute Gasteiger partial charge is 0.335 e. The lowest BCUT2D eigenvalue weighted by molar-refractivity contribution is -0.154. The molecule has 1 aromatic carbocycles. The van der Waals surface area contributed by atoms with Crippen LogP contribution in [0.25, 0.3) is 0 Å². The molecule has 0 bridgehead atoms. The maximum absolute atomic E-state index is 11.5. The van der Waals surface area contributed by atoms with Crippen LogP contribution in [0.5, 0.6) is 0 Å². The largest absolute Gasteiger partial charge is 0.464 e. The molecule has 0 aliphatic carbocycles. The first-order valence-electron chi connectivity index (χ1n) is 5.21. The molecule has 0 aromatic heterocycles. The summed E-state index contributed by atoms with van der Waals surface area (Å²) >= 11 is 0. The van der Waals surface area contributed by atoms with Gasteiger partial charge in [-0.05, 0) is 24.6 Å². The molecule has 0 fully saturated rings. The van der Waals surface area contributed by atoms with Crippen molar-refractivity contribution in [2.45, 2.75) is 19.4 Å². The molecule has 16 heavy (non-hydrogen) atoms. The molecular formula is C12H17NO3. The van der Waals surface area contributed by atoms with Gasteiger partial charge in [-0.2, -0.15) is 0 Å². The minimum absolute atomic E-state index is 0.332. The number of methoxy groups -OCH3 is 1. The average Bonchev–Trinajstić information content (AvgIpc) is 2.28. The third-order valence-electron chi connectivity index (χ3n) is 2.23. The molecule has 0 radical (unpaired) electrons. The molecule has 0 spiro atoms. The van der Waals surface area contributed by atoms with E-state index in [0.717, 1.165) is 5.56 Å². The predicted octanol–water partition coefficient (Wildman–Crippen LogP) is 1.39. The Morgan fingerprint density at radius 2 is 2.00 bits per heavy atom. The van der Waals surface area contributed by atoms with Crippen LogP contribution in [0.1, 0.15) is 12.5 Å². The van der Waals surface area contributed by atoms with Crippen molar-refractivity contribution in [1.29, 1.82) is 0 Å². The van der Waals surface area contributed by atoms with E-state index in [9.17, 15) is 4.79 Å². The number of nitrogen functional groups attached to an aromatic ring is 1. The van der Waals surface area contributed by atoms with Crippen molar-refractivity contribution in [3.8, 4) is 0 Å². The Hall–Kier alpha value is -1.55. The zero-order valence-corrected chi connectivity index (χ0v) is 9.60. The van der Waals surface area contributed by atoms with Crippen molar-refractivity contribution in [2.24, 2.45) is 0 Å². The fraction of sp³-hybridized carbons (Fsp3) is 0.417. The number of carbonyl (C=O) groups is 1. The van der Waals surface area contributed by atoms with Gasteiger partial charge >= 0.3 is 5.97 Å². The van der Waals surface area contributed by atoms with Gasteiger partial charge in [0.05, 0.1) is 6.61 Å². The highest BCUT2D eigenvalue weighted by Gasteiger charge is 2.19. The van der Waals surface area contributed by atoms with Gasteiger partial charge in [-0.25, -0.2) is 4.79 Å². The van der Waals surface area contributed by atoms with E-state index in [2.05, 4.69) is 0 Å². The second-order valence-corrected chi connectivity index (χ2v) is 3.42. The van der Waals surface area contributed by atoms with Crippen LogP contribution in [0.15, 0.2) is 24.3 Å². The van der Waals surface area contributed by atoms with Gasteiger partial charge in [-0.1, -0.05) is 12.1 Å². The molecule has 88 valence electrons. The van der Waals surface area contributed by atoms with E-state index in [1.807, 2.05) is 12.1 Å². The maximum atomic E-state index is 11.5. The van der Waals surface area contributed by atoms with Gasteiger partial charge in [0.1, 0.15) is 0 Å². The van der Waals surface area contributed by atoms with Crippen molar-refractivity contribution in [3.63, 3.8) is 0 Å². The van der Waals surface area contributed by atoms with Gasteiger partial charge < -0.3 is 15.2 Å². The zero-order chi connectivity index (χ0) is 12.0. The van der Waals surface area contributed by atoms with Crippen molar-refractivity contribution in [2.75, 3.05) is 19.5 Å².